The van der Waals surface area contributed by atoms with E-state index in [0.29, 0.717) is 16.7 Å². The van der Waals surface area contributed by atoms with Crippen molar-refractivity contribution in [1.29, 1.82) is 10.5 Å². The molecule has 0 aliphatic carbocycles. The van der Waals surface area contributed by atoms with E-state index in [-0.39, 0.29) is 0 Å². The van der Waals surface area contributed by atoms with Crippen molar-refractivity contribution in [3.63, 3.8) is 0 Å². The number of hydrogen-bond donors (Lipinski definition) is 0. The van der Waals surface area contributed by atoms with Crippen LogP contribution in [0.2, 0.25) is 0 Å². The molecule has 1 rings (SSSR count). The predicted molar refractivity (Wildman–Crippen MR) is 50.6 cm³/mol. The van der Waals surface area contributed by atoms with Crippen molar-refractivity contribution in [3.8, 4) is 12.1 Å². The van der Waals surface area contributed by atoms with Crippen molar-refractivity contribution in [3.05, 3.63) is 41.0 Å². The molecule has 62 valence electrons. The summed E-state index contributed by atoms with van der Waals surface area (Å²) in [4.78, 5) is 0. The van der Waals surface area contributed by atoms with E-state index in [4.69, 9.17) is 10.5 Å². The fraction of sp³-hybridized carbons (Fsp3) is 0.0909. The number of nitrogens with zero attached hydrogens (tertiary/aromatic N) is 2. The van der Waals surface area contributed by atoms with Gasteiger partial charge < -0.3 is 0 Å². The van der Waals surface area contributed by atoms with Gasteiger partial charge in [0.2, 0.25) is 0 Å². The highest BCUT2D eigenvalue weighted by Gasteiger charge is 2.03. The van der Waals surface area contributed by atoms with E-state index in [1.54, 1.807) is 24.3 Å². The van der Waals surface area contributed by atoms with Gasteiger partial charge in [-0.25, -0.2) is 0 Å². The van der Waals surface area contributed by atoms with Gasteiger partial charge in [-0.2, -0.15) is 10.5 Å². The molecule has 2 nitrogen and oxygen atoms in total. The van der Waals surface area contributed by atoms with Gasteiger partial charge in [-0.15, -0.1) is 0 Å². The molecule has 0 unspecified atom stereocenters. The van der Waals surface area contributed by atoms with Crippen molar-refractivity contribution >= 4 is 6.08 Å². The Kier molecular flexibility index (Phi) is 2.84. The third-order valence-corrected chi connectivity index (χ3v) is 1.68. The number of benzene rings is 1. The van der Waals surface area contributed by atoms with Crippen LogP contribution >= 0.6 is 0 Å². The summed E-state index contributed by atoms with van der Waals surface area (Å²) in [5, 5.41) is 17.5. The van der Waals surface area contributed by atoms with E-state index in [1.807, 2.05) is 13.0 Å². The Balaban J connectivity index is 3.42. The molecule has 0 amide bonds. The zero-order valence-corrected chi connectivity index (χ0v) is 7.28. The van der Waals surface area contributed by atoms with Gasteiger partial charge in [-0.05, 0) is 19.1 Å². The first-order valence-corrected chi connectivity index (χ1v) is 3.89. The van der Waals surface area contributed by atoms with E-state index < -0.39 is 0 Å². The van der Waals surface area contributed by atoms with E-state index in [0.717, 1.165) is 0 Å². The second kappa shape index (κ2) is 4.09. The van der Waals surface area contributed by atoms with E-state index in [1.165, 1.54) is 0 Å². The monoisotopic (exact) mass is 168 g/mol. The van der Waals surface area contributed by atoms with Crippen LogP contribution in [0.25, 0.3) is 6.08 Å². The Morgan fingerprint density at radius 1 is 1.15 bits per heavy atom. The van der Waals surface area contributed by atoms with Crippen LogP contribution in [-0.4, -0.2) is 0 Å². The van der Waals surface area contributed by atoms with Gasteiger partial charge >= 0.3 is 0 Å². The van der Waals surface area contributed by atoms with Crippen molar-refractivity contribution in [2.45, 2.75) is 6.92 Å². The lowest BCUT2D eigenvalue weighted by atomic mass is 10.0. The predicted octanol–water partition coefficient (Wildman–Crippen LogP) is 2.46. The summed E-state index contributed by atoms with van der Waals surface area (Å²) in [6, 6.07) is 9.23. The Hall–Kier alpha value is -2.06. The molecule has 0 aliphatic heterocycles. The molecule has 0 saturated heterocycles. The van der Waals surface area contributed by atoms with Crippen molar-refractivity contribution in [2.75, 3.05) is 0 Å². The molecule has 0 N–H and O–H groups in total. The van der Waals surface area contributed by atoms with E-state index in [2.05, 4.69) is 12.1 Å². The lowest BCUT2D eigenvalue weighted by Crippen LogP contribution is -1.86. The summed E-state index contributed by atoms with van der Waals surface area (Å²) < 4.78 is 0. The molecular weight excluding hydrogens is 160 g/mol. The summed E-state index contributed by atoms with van der Waals surface area (Å²) in [6.07, 6.45) is 3.59. The van der Waals surface area contributed by atoms with Crippen molar-refractivity contribution in [1.82, 2.24) is 0 Å². The second-order valence-corrected chi connectivity index (χ2v) is 2.49. The van der Waals surface area contributed by atoms with Crippen LogP contribution in [0.5, 0.6) is 0 Å². The molecule has 0 spiro atoms. The van der Waals surface area contributed by atoms with Gasteiger partial charge in [-0.1, -0.05) is 18.2 Å². The Morgan fingerprint density at radius 3 is 2.08 bits per heavy atom. The minimum Gasteiger partial charge on any atom is -0.192 e. The van der Waals surface area contributed by atoms with Crippen LogP contribution in [0, 0.1) is 22.7 Å². The highest BCUT2D eigenvalue weighted by Crippen LogP contribution is 2.14. The van der Waals surface area contributed by atoms with Crippen molar-refractivity contribution in [2.24, 2.45) is 0 Å². The Morgan fingerprint density at radius 2 is 1.69 bits per heavy atom. The van der Waals surface area contributed by atoms with Crippen LogP contribution in [0.4, 0.5) is 0 Å². The van der Waals surface area contributed by atoms with Crippen LogP contribution in [0.3, 0.4) is 0 Å². The van der Waals surface area contributed by atoms with Gasteiger partial charge in [0.05, 0.1) is 23.3 Å². The van der Waals surface area contributed by atoms with Gasteiger partial charge in [0.1, 0.15) is 0 Å². The number of hydrogen-bond acceptors (Lipinski definition) is 2. The van der Waals surface area contributed by atoms with Crippen LogP contribution in [0.15, 0.2) is 24.3 Å². The van der Waals surface area contributed by atoms with Crippen LogP contribution < -0.4 is 0 Å². The second-order valence-electron chi connectivity index (χ2n) is 2.49. The highest BCUT2D eigenvalue weighted by atomic mass is 14.3. The van der Waals surface area contributed by atoms with Crippen molar-refractivity contribution < 1.29 is 0 Å². The molecule has 0 aliphatic rings. The first kappa shape index (κ1) is 9.03. The maximum atomic E-state index is 8.77. The summed E-state index contributed by atoms with van der Waals surface area (Å²) in [5.74, 6) is 0. The van der Waals surface area contributed by atoms with Gasteiger partial charge in [0, 0.05) is 5.56 Å². The molecule has 0 heterocycles. The van der Waals surface area contributed by atoms with Crippen LogP contribution in [-0.2, 0) is 0 Å². The molecular formula is C11H8N2. The molecule has 0 radical (unpaired) electrons. The standard InChI is InChI=1S/C11H8N2/c1-2-4-11-9(7-12)5-3-6-10(11)8-13/h2-6H,1H3. The summed E-state index contributed by atoms with van der Waals surface area (Å²) >= 11 is 0. The molecule has 1 aromatic carbocycles. The Bertz CT molecular complexity index is 384. The first-order chi connectivity index (χ1) is 6.33. The molecule has 13 heavy (non-hydrogen) atoms. The van der Waals surface area contributed by atoms with Gasteiger partial charge in [-0.3, -0.25) is 0 Å². The third-order valence-electron chi connectivity index (χ3n) is 1.68. The smallest absolute Gasteiger partial charge is 0.0998 e. The number of rotatable bonds is 1. The zero-order chi connectivity index (χ0) is 9.68. The summed E-state index contributed by atoms with van der Waals surface area (Å²) in [5.41, 5.74) is 1.78. The highest BCUT2D eigenvalue weighted by molar-refractivity contribution is 5.64. The maximum absolute atomic E-state index is 8.77. The molecule has 2 heteroatoms. The quantitative estimate of drug-likeness (QED) is 0.646. The summed E-state index contributed by atoms with van der Waals surface area (Å²) in [7, 11) is 0. The fourth-order valence-electron chi connectivity index (χ4n) is 1.11. The van der Waals surface area contributed by atoms with Crippen LogP contribution in [0.1, 0.15) is 23.6 Å². The number of allylic oxidation sites excluding steroid dienone is 1. The lowest BCUT2D eigenvalue weighted by molar-refractivity contribution is 1.43. The molecule has 0 aromatic heterocycles. The molecule has 0 bridgehead atoms. The third kappa shape index (κ3) is 1.75. The molecule has 0 fully saturated rings. The average Bonchev–Trinajstić information content (AvgIpc) is 2.18. The zero-order valence-electron chi connectivity index (χ0n) is 7.28. The fourth-order valence-corrected chi connectivity index (χ4v) is 1.11. The van der Waals surface area contributed by atoms with Gasteiger partial charge in [0.15, 0.2) is 0 Å². The lowest BCUT2D eigenvalue weighted by Gasteiger charge is -1.98. The number of nitriles is 2. The Labute approximate surface area is 77.4 Å². The average molecular weight is 168 g/mol. The summed E-state index contributed by atoms with van der Waals surface area (Å²) in [6.45, 7) is 1.86. The van der Waals surface area contributed by atoms with Gasteiger partial charge in [0.25, 0.3) is 0 Å². The molecule has 1 aromatic rings. The topological polar surface area (TPSA) is 47.6 Å². The maximum Gasteiger partial charge on any atom is 0.0998 e. The minimum absolute atomic E-state index is 0.539. The normalized spacial score (nSPS) is 9.46. The van der Waals surface area contributed by atoms with E-state index >= 15 is 0 Å². The molecule has 0 saturated carbocycles. The first-order valence-electron chi connectivity index (χ1n) is 3.89. The SMILES string of the molecule is CC=Cc1c(C#N)cccc1C#N. The molecule has 0 atom stereocenters. The van der Waals surface area contributed by atoms with E-state index in [9.17, 15) is 0 Å². The minimum atomic E-state index is 0.539. The largest absolute Gasteiger partial charge is 0.192 e.